The van der Waals surface area contributed by atoms with Crippen molar-refractivity contribution in [2.45, 2.75) is 65.6 Å². The predicted octanol–water partition coefficient (Wildman–Crippen LogP) is 0.323. The lowest BCUT2D eigenvalue weighted by Gasteiger charge is -2.30. The Labute approximate surface area is 268 Å². The summed E-state index contributed by atoms with van der Waals surface area (Å²) in [5.74, 6) is -2.95. The van der Waals surface area contributed by atoms with Crippen molar-refractivity contribution in [1.82, 2.24) is 30.2 Å². The number of amides is 8. The van der Waals surface area contributed by atoms with Gasteiger partial charge in [-0.15, -0.1) is 0 Å². The highest BCUT2D eigenvalue weighted by Gasteiger charge is 2.28. The molecule has 2 aliphatic heterocycles. The second kappa shape index (κ2) is 16.5. The molecule has 16 nitrogen and oxygen atoms in total. The Morgan fingerprint density at radius 1 is 0.587 bits per heavy atom. The summed E-state index contributed by atoms with van der Waals surface area (Å²) in [6, 6.07) is 0. The van der Waals surface area contributed by atoms with Gasteiger partial charge in [-0.05, 0) is 41.5 Å². The Balaban J connectivity index is 2.10. The number of alkyl carbamates (subject to hydrolysis) is 2. The van der Waals surface area contributed by atoms with Gasteiger partial charge in [0.15, 0.2) is 0 Å². The molecule has 2 heterocycles. The van der Waals surface area contributed by atoms with Gasteiger partial charge >= 0.3 is 12.2 Å². The van der Waals surface area contributed by atoms with Crippen LogP contribution in [0, 0.1) is 0 Å². The largest absolute Gasteiger partial charge is 0.444 e. The molecule has 0 atom stereocenters. The van der Waals surface area contributed by atoms with Crippen LogP contribution in [0.2, 0.25) is 0 Å². The van der Waals surface area contributed by atoms with Crippen LogP contribution in [0.3, 0.4) is 0 Å². The highest BCUT2D eigenvalue weighted by molar-refractivity contribution is 6.13. The van der Waals surface area contributed by atoms with E-state index < -0.39 is 58.8 Å². The second-order valence-electron chi connectivity index (χ2n) is 12.4. The molecule has 0 fully saturated rings. The molecule has 0 spiro atoms. The third kappa shape index (κ3) is 13.1. The summed E-state index contributed by atoms with van der Waals surface area (Å²) in [6.07, 6.45) is 2.81. The number of hydrogen-bond donors (Lipinski definition) is 2. The molecule has 0 aromatic rings. The number of carbonyl (C=O) groups is 8. The van der Waals surface area contributed by atoms with Crippen molar-refractivity contribution >= 4 is 47.6 Å². The molecule has 16 heteroatoms. The van der Waals surface area contributed by atoms with Gasteiger partial charge in [0.25, 0.3) is 23.6 Å². The summed E-state index contributed by atoms with van der Waals surface area (Å²) in [4.78, 5) is 103. The maximum absolute atomic E-state index is 13.2. The van der Waals surface area contributed by atoms with E-state index in [9.17, 15) is 38.4 Å². The first-order valence-corrected chi connectivity index (χ1v) is 14.9. The van der Waals surface area contributed by atoms with Crippen LogP contribution in [0.1, 0.15) is 54.4 Å². The smallest absolute Gasteiger partial charge is 0.407 e. The standard InChI is InChI=1S/C30H44N6O10/c1-29(2,3)45-27(43)31-13-11-21(37)33(17-19-35-23(39)7-8-24(35)40)15-16-34(18-20-36-25(41)9-10-26(36)42)22(38)12-14-32-28(44)46-30(4,5)6/h7-10H,11-20H2,1-6H3,(H,31,43)(H,32,44). The summed E-state index contributed by atoms with van der Waals surface area (Å²) in [6.45, 7) is 9.66. The van der Waals surface area contributed by atoms with Gasteiger partial charge in [-0.3, -0.25) is 38.6 Å². The number of nitrogens with zero attached hydrogens (tertiary/aromatic N) is 4. The molecule has 8 amide bonds. The number of hydrogen-bond acceptors (Lipinski definition) is 10. The normalized spacial score (nSPS) is 14.6. The lowest BCUT2D eigenvalue weighted by molar-refractivity contribution is -0.141. The zero-order valence-corrected chi connectivity index (χ0v) is 27.3. The summed E-state index contributed by atoms with van der Waals surface area (Å²) >= 11 is 0. The van der Waals surface area contributed by atoms with Crippen LogP contribution in [0.5, 0.6) is 0 Å². The summed E-state index contributed by atoms with van der Waals surface area (Å²) in [5.41, 5.74) is -1.47. The third-order valence-corrected chi connectivity index (χ3v) is 6.35. The highest BCUT2D eigenvalue weighted by Crippen LogP contribution is 2.10. The molecular formula is C30H44N6O10. The van der Waals surface area contributed by atoms with E-state index >= 15 is 0 Å². The fourth-order valence-corrected chi connectivity index (χ4v) is 4.20. The molecule has 2 aliphatic rings. The summed E-state index contributed by atoms with van der Waals surface area (Å²) in [5, 5.41) is 5.01. The summed E-state index contributed by atoms with van der Waals surface area (Å²) < 4.78 is 10.4. The van der Waals surface area contributed by atoms with Crippen LogP contribution in [-0.2, 0) is 38.2 Å². The number of ether oxygens (including phenoxy) is 2. The van der Waals surface area contributed by atoms with Gasteiger partial charge in [0.05, 0.1) is 0 Å². The Bertz CT molecular complexity index is 1130. The minimum atomic E-state index is -0.734. The molecule has 0 saturated carbocycles. The lowest BCUT2D eigenvalue weighted by atomic mass is 10.2. The van der Waals surface area contributed by atoms with Crippen molar-refractivity contribution in [3.63, 3.8) is 0 Å². The molecule has 0 unspecified atom stereocenters. The van der Waals surface area contributed by atoms with Crippen LogP contribution in [0.25, 0.3) is 0 Å². The van der Waals surface area contributed by atoms with E-state index in [1.54, 1.807) is 41.5 Å². The fraction of sp³-hybridized carbons (Fsp3) is 0.600. The van der Waals surface area contributed by atoms with E-state index in [1.165, 1.54) is 9.80 Å². The van der Waals surface area contributed by atoms with Crippen molar-refractivity contribution in [2.75, 3.05) is 52.4 Å². The van der Waals surface area contributed by atoms with E-state index in [0.29, 0.717) is 0 Å². The minimum absolute atomic E-state index is 0.0414. The zero-order chi connectivity index (χ0) is 34.7. The molecule has 0 aromatic heterocycles. The molecule has 2 N–H and O–H groups in total. The maximum atomic E-state index is 13.2. The van der Waals surface area contributed by atoms with Crippen LogP contribution in [0.4, 0.5) is 9.59 Å². The first kappa shape index (κ1) is 37.4. The molecule has 2 rings (SSSR count). The van der Waals surface area contributed by atoms with Gasteiger partial charge in [0.1, 0.15) is 11.2 Å². The topological polar surface area (TPSA) is 192 Å². The van der Waals surface area contributed by atoms with Crippen molar-refractivity contribution in [3.8, 4) is 0 Å². The van der Waals surface area contributed by atoms with E-state index in [1.807, 2.05) is 0 Å². The van der Waals surface area contributed by atoms with Crippen molar-refractivity contribution in [1.29, 1.82) is 0 Å². The fourth-order valence-electron chi connectivity index (χ4n) is 4.20. The Morgan fingerprint density at radius 3 is 1.17 bits per heavy atom. The quantitative estimate of drug-likeness (QED) is 0.234. The van der Waals surface area contributed by atoms with E-state index in [4.69, 9.17) is 9.47 Å². The SMILES string of the molecule is CC(C)(C)OC(=O)NCCC(=O)N(CCN(CCN1C(=O)C=CC1=O)C(=O)CCNC(=O)OC(C)(C)C)CCN1C(=O)C=CC1=O. The Morgan fingerprint density at radius 2 is 0.891 bits per heavy atom. The van der Waals surface area contributed by atoms with Crippen molar-refractivity contribution in [3.05, 3.63) is 24.3 Å². The van der Waals surface area contributed by atoms with E-state index in [-0.39, 0.29) is 65.2 Å². The average molecular weight is 649 g/mol. The van der Waals surface area contributed by atoms with Crippen LogP contribution >= 0.6 is 0 Å². The van der Waals surface area contributed by atoms with Gasteiger partial charge in [0, 0.05) is 89.5 Å². The number of carbonyl (C=O) groups excluding carboxylic acids is 8. The molecular weight excluding hydrogens is 604 g/mol. The molecule has 0 radical (unpaired) electrons. The zero-order valence-electron chi connectivity index (χ0n) is 27.3. The highest BCUT2D eigenvalue weighted by atomic mass is 16.6. The Hall–Kier alpha value is -4.76. The van der Waals surface area contributed by atoms with E-state index in [2.05, 4.69) is 10.6 Å². The maximum Gasteiger partial charge on any atom is 0.407 e. The monoisotopic (exact) mass is 648 g/mol. The molecule has 254 valence electrons. The van der Waals surface area contributed by atoms with Crippen LogP contribution in [0.15, 0.2) is 24.3 Å². The number of nitrogens with one attached hydrogen (secondary N) is 2. The number of rotatable bonds is 15. The van der Waals surface area contributed by atoms with Crippen molar-refractivity contribution in [2.24, 2.45) is 0 Å². The van der Waals surface area contributed by atoms with Gasteiger partial charge in [0.2, 0.25) is 11.8 Å². The van der Waals surface area contributed by atoms with Crippen LogP contribution in [-0.4, -0.2) is 131 Å². The average Bonchev–Trinajstić information content (AvgIpc) is 3.42. The van der Waals surface area contributed by atoms with Crippen LogP contribution < -0.4 is 10.6 Å². The Kier molecular flexibility index (Phi) is 13.4. The number of imide groups is 2. The molecule has 0 saturated heterocycles. The van der Waals surface area contributed by atoms with Gasteiger partial charge in [-0.1, -0.05) is 0 Å². The van der Waals surface area contributed by atoms with Gasteiger partial charge < -0.3 is 29.9 Å². The van der Waals surface area contributed by atoms with Crippen molar-refractivity contribution < 1.29 is 47.8 Å². The first-order valence-electron chi connectivity index (χ1n) is 14.9. The summed E-state index contributed by atoms with van der Waals surface area (Å²) in [7, 11) is 0. The molecule has 0 aliphatic carbocycles. The minimum Gasteiger partial charge on any atom is -0.444 e. The third-order valence-electron chi connectivity index (χ3n) is 6.35. The van der Waals surface area contributed by atoms with E-state index in [0.717, 1.165) is 34.1 Å². The van der Waals surface area contributed by atoms with Gasteiger partial charge in [-0.2, -0.15) is 0 Å². The second-order valence-corrected chi connectivity index (χ2v) is 12.4. The first-order chi connectivity index (χ1) is 21.4. The molecule has 46 heavy (non-hydrogen) atoms. The van der Waals surface area contributed by atoms with Gasteiger partial charge in [-0.25, -0.2) is 9.59 Å². The molecule has 0 bridgehead atoms. The predicted molar refractivity (Wildman–Crippen MR) is 163 cm³/mol. The lowest BCUT2D eigenvalue weighted by Crippen LogP contribution is -2.48. The molecule has 0 aromatic carbocycles.